The number of nitrogens with zero attached hydrogens (tertiary/aromatic N) is 2. The maximum Gasteiger partial charge on any atom is 0.269 e. The van der Waals surface area contributed by atoms with Crippen molar-refractivity contribution in [3.05, 3.63) is 51.5 Å². The molecular formula is C16H18N4O2S. The molecule has 0 bridgehead atoms. The van der Waals surface area contributed by atoms with E-state index >= 15 is 0 Å². The van der Waals surface area contributed by atoms with Crippen molar-refractivity contribution < 1.29 is 4.92 Å². The molecule has 1 aliphatic carbocycles. The number of nitrogens with one attached hydrogen (secondary N) is 2. The quantitative estimate of drug-likeness (QED) is 0.624. The van der Waals surface area contributed by atoms with Gasteiger partial charge in [-0.2, -0.15) is 0 Å². The van der Waals surface area contributed by atoms with Gasteiger partial charge in [-0.25, -0.2) is 4.98 Å². The smallest absolute Gasteiger partial charge is 0.269 e. The maximum atomic E-state index is 10.7. The summed E-state index contributed by atoms with van der Waals surface area (Å²) in [6, 6.07) is 6.43. The molecule has 0 aliphatic heterocycles. The third kappa shape index (κ3) is 4.07. The first kappa shape index (κ1) is 15.5. The molecule has 0 unspecified atom stereocenters. The topological polar surface area (TPSA) is 80.1 Å². The van der Waals surface area contributed by atoms with Crippen molar-refractivity contribution in [2.75, 3.05) is 5.43 Å². The molecule has 0 radical (unpaired) electrons. The lowest BCUT2D eigenvalue weighted by atomic mass is 10.1. The fourth-order valence-corrected chi connectivity index (χ4v) is 3.15. The molecule has 1 aromatic carbocycles. The highest BCUT2D eigenvalue weighted by atomic mass is 32.1. The maximum absolute atomic E-state index is 10.7. The summed E-state index contributed by atoms with van der Waals surface area (Å²) in [6.45, 7) is 0. The van der Waals surface area contributed by atoms with Crippen LogP contribution in [0.3, 0.4) is 0 Å². The lowest BCUT2D eigenvalue weighted by Crippen LogP contribution is -2.20. The summed E-state index contributed by atoms with van der Waals surface area (Å²) in [4.78, 5) is 14.8. The molecule has 0 atom stereocenters. The molecule has 1 aliphatic rings. The standard InChI is InChI=1S/C16H18N4O2S/c21-20(22)14-9-7-12(8-10-14)15-11-23-16(17-15)19-18-13-5-3-1-2-4-6-13/h5,7-11,18H,1-4,6H2,(H,17,19). The van der Waals surface area contributed by atoms with Crippen molar-refractivity contribution in [2.24, 2.45) is 0 Å². The first-order valence-corrected chi connectivity index (χ1v) is 8.52. The van der Waals surface area contributed by atoms with Gasteiger partial charge in [0.05, 0.1) is 10.6 Å². The number of non-ortho nitro benzene ring substituents is 1. The number of hydrazine groups is 1. The lowest BCUT2D eigenvalue weighted by molar-refractivity contribution is -0.384. The van der Waals surface area contributed by atoms with Crippen molar-refractivity contribution in [1.29, 1.82) is 0 Å². The van der Waals surface area contributed by atoms with E-state index in [2.05, 4.69) is 21.9 Å². The molecule has 0 saturated carbocycles. The number of anilines is 1. The Kier molecular flexibility index (Phi) is 4.87. The van der Waals surface area contributed by atoms with Gasteiger partial charge in [0.15, 0.2) is 0 Å². The van der Waals surface area contributed by atoms with Gasteiger partial charge in [0.25, 0.3) is 5.69 Å². The van der Waals surface area contributed by atoms with Gasteiger partial charge < -0.3 is 5.43 Å². The molecule has 7 heteroatoms. The lowest BCUT2D eigenvalue weighted by Gasteiger charge is -2.09. The zero-order chi connectivity index (χ0) is 16.1. The molecule has 0 spiro atoms. The molecule has 1 heterocycles. The number of allylic oxidation sites excluding steroid dienone is 2. The fraction of sp³-hybridized carbons (Fsp3) is 0.312. The van der Waals surface area contributed by atoms with Crippen LogP contribution in [-0.2, 0) is 0 Å². The summed E-state index contributed by atoms with van der Waals surface area (Å²) in [7, 11) is 0. The Morgan fingerprint density at radius 2 is 1.96 bits per heavy atom. The van der Waals surface area contributed by atoms with Crippen LogP contribution in [0.2, 0.25) is 0 Å². The molecule has 0 saturated heterocycles. The Morgan fingerprint density at radius 1 is 1.13 bits per heavy atom. The second kappa shape index (κ2) is 7.23. The highest BCUT2D eigenvalue weighted by Gasteiger charge is 2.08. The Morgan fingerprint density at radius 3 is 2.74 bits per heavy atom. The van der Waals surface area contributed by atoms with Crippen LogP contribution in [0, 0.1) is 10.1 Å². The van der Waals surface area contributed by atoms with Crippen molar-refractivity contribution >= 4 is 22.2 Å². The van der Waals surface area contributed by atoms with E-state index in [1.165, 1.54) is 48.4 Å². The Hall–Kier alpha value is -2.41. The van der Waals surface area contributed by atoms with E-state index in [9.17, 15) is 10.1 Å². The van der Waals surface area contributed by atoms with E-state index in [0.717, 1.165) is 29.2 Å². The summed E-state index contributed by atoms with van der Waals surface area (Å²) in [6.07, 6.45) is 8.18. The Bertz CT molecular complexity index is 709. The van der Waals surface area contributed by atoms with E-state index in [1.807, 2.05) is 5.38 Å². The second-order valence-electron chi connectivity index (χ2n) is 5.42. The number of nitro groups is 1. The van der Waals surface area contributed by atoms with E-state index in [-0.39, 0.29) is 5.69 Å². The fourth-order valence-electron chi connectivity index (χ4n) is 2.48. The summed E-state index contributed by atoms with van der Waals surface area (Å²) in [5, 5.41) is 13.4. The van der Waals surface area contributed by atoms with E-state index in [1.54, 1.807) is 12.1 Å². The highest BCUT2D eigenvalue weighted by molar-refractivity contribution is 7.14. The molecular weight excluding hydrogens is 312 g/mol. The number of thiazole rings is 1. The molecule has 120 valence electrons. The van der Waals surface area contributed by atoms with Crippen LogP contribution < -0.4 is 10.9 Å². The average molecular weight is 330 g/mol. The van der Waals surface area contributed by atoms with Crippen molar-refractivity contribution in [1.82, 2.24) is 10.4 Å². The predicted octanol–water partition coefficient (Wildman–Crippen LogP) is 4.48. The molecule has 6 nitrogen and oxygen atoms in total. The van der Waals surface area contributed by atoms with Gasteiger partial charge in [-0.15, -0.1) is 11.3 Å². The number of rotatable bonds is 5. The van der Waals surface area contributed by atoms with E-state index in [0.29, 0.717) is 0 Å². The second-order valence-corrected chi connectivity index (χ2v) is 6.28. The summed E-state index contributed by atoms with van der Waals surface area (Å²) in [5.74, 6) is 0. The molecule has 2 aromatic rings. The van der Waals surface area contributed by atoms with Gasteiger partial charge in [-0.05, 0) is 37.8 Å². The molecule has 3 rings (SSSR count). The first-order valence-electron chi connectivity index (χ1n) is 7.64. The zero-order valence-corrected chi connectivity index (χ0v) is 13.4. The van der Waals surface area contributed by atoms with Gasteiger partial charge in [0, 0.05) is 28.8 Å². The number of hydrogen-bond donors (Lipinski definition) is 2. The van der Waals surface area contributed by atoms with Gasteiger partial charge in [0.2, 0.25) is 5.13 Å². The van der Waals surface area contributed by atoms with Gasteiger partial charge in [-0.1, -0.05) is 12.5 Å². The van der Waals surface area contributed by atoms with Crippen LogP contribution in [-0.4, -0.2) is 9.91 Å². The van der Waals surface area contributed by atoms with Crippen LogP contribution in [0.4, 0.5) is 10.8 Å². The largest absolute Gasteiger partial charge is 0.303 e. The van der Waals surface area contributed by atoms with E-state index < -0.39 is 4.92 Å². The summed E-state index contributed by atoms with van der Waals surface area (Å²) < 4.78 is 0. The van der Waals surface area contributed by atoms with Gasteiger partial charge in [0.1, 0.15) is 0 Å². The van der Waals surface area contributed by atoms with Gasteiger partial charge >= 0.3 is 0 Å². The SMILES string of the molecule is O=[N+]([O-])c1ccc(-c2csc(NNC3=CCCCCC3)n2)cc1. The molecule has 0 fully saturated rings. The zero-order valence-electron chi connectivity index (χ0n) is 12.6. The molecule has 1 aromatic heterocycles. The van der Waals surface area contributed by atoms with Crippen LogP contribution in [0.5, 0.6) is 0 Å². The van der Waals surface area contributed by atoms with Crippen molar-refractivity contribution in [3.8, 4) is 11.3 Å². The number of aromatic nitrogens is 1. The van der Waals surface area contributed by atoms with Crippen LogP contribution >= 0.6 is 11.3 Å². The summed E-state index contributed by atoms with van der Waals surface area (Å²) in [5.41, 5.74) is 9.36. The Labute approximate surface area is 138 Å². The minimum atomic E-state index is -0.401. The average Bonchev–Trinajstić information content (AvgIpc) is 2.88. The van der Waals surface area contributed by atoms with Crippen molar-refractivity contribution in [2.45, 2.75) is 32.1 Å². The van der Waals surface area contributed by atoms with E-state index in [4.69, 9.17) is 0 Å². The molecule has 2 N–H and O–H groups in total. The molecule has 0 amide bonds. The highest BCUT2D eigenvalue weighted by Crippen LogP contribution is 2.26. The monoisotopic (exact) mass is 330 g/mol. The molecule has 23 heavy (non-hydrogen) atoms. The minimum absolute atomic E-state index is 0.0873. The van der Waals surface area contributed by atoms with Gasteiger partial charge in [-0.3, -0.25) is 15.5 Å². The Balaban J connectivity index is 1.63. The van der Waals surface area contributed by atoms with Crippen LogP contribution in [0.25, 0.3) is 11.3 Å². The van der Waals surface area contributed by atoms with Crippen LogP contribution in [0.1, 0.15) is 32.1 Å². The third-order valence-corrected chi connectivity index (χ3v) is 4.51. The third-order valence-electron chi connectivity index (χ3n) is 3.75. The number of benzene rings is 1. The normalized spacial score (nSPS) is 14.7. The number of hydrogen-bond acceptors (Lipinski definition) is 6. The van der Waals surface area contributed by atoms with Crippen molar-refractivity contribution in [3.63, 3.8) is 0 Å². The number of nitro benzene ring substituents is 1. The first-order chi connectivity index (χ1) is 11.2. The summed E-state index contributed by atoms with van der Waals surface area (Å²) >= 11 is 1.50. The predicted molar refractivity (Wildman–Crippen MR) is 92.1 cm³/mol. The minimum Gasteiger partial charge on any atom is -0.303 e. The van der Waals surface area contributed by atoms with Crippen LogP contribution in [0.15, 0.2) is 41.4 Å².